The van der Waals surface area contributed by atoms with Gasteiger partial charge in [-0.25, -0.2) is 0 Å². The first kappa shape index (κ1) is 13.1. The number of thioether (sulfide) groups is 1. The van der Waals surface area contributed by atoms with Gasteiger partial charge in [-0.05, 0) is 29.8 Å². The van der Waals surface area contributed by atoms with E-state index < -0.39 is 0 Å². The number of hydrogen-bond acceptors (Lipinski definition) is 5. The fourth-order valence-corrected chi connectivity index (χ4v) is 3.19. The quantitative estimate of drug-likeness (QED) is 0.401. The van der Waals surface area contributed by atoms with E-state index in [-0.39, 0.29) is 0 Å². The number of benzene rings is 1. The van der Waals surface area contributed by atoms with E-state index in [1.807, 2.05) is 54.1 Å². The topological polar surface area (TPSA) is 37.9 Å². The molecular weight excluding hydrogens is 288 g/mol. The molecule has 0 aliphatic rings. The first-order valence-electron chi connectivity index (χ1n) is 6.04. The second-order valence-corrected chi connectivity index (χ2v) is 5.76. The molecule has 1 aromatic carbocycles. The molecule has 2 aromatic heterocycles. The number of furan rings is 1. The Labute approximate surface area is 125 Å². The van der Waals surface area contributed by atoms with Gasteiger partial charge >= 0.3 is 0 Å². The first-order valence-corrected chi connectivity index (χ1v) is 8.15. The van der Waals surface area contributed by atoms with Crippen molar-refractivity contribution < 1.29 is 4.42 Å². The molecule has 5 heteroatoms. The lowest BCUT2D eigenvalue weighted by molar-refractivity contribution is 0.607. The normalized spacial score (nSPS) is 12.6. The van der Waals surface area contributed by atoms with Gasteiger partial charge in [-0.3, -0.25) is 0 Å². The predicted molar refractivity (Wildman–Crippen MR) is 88.2 cm³/mol. The molecule has 0 bridgehead atoms. The largest absolute Gasteiger partial charge is 0.455 e. The lowest BCUT2D eigenvalue weighted by atomic mass is 10.2. The van der Waals surface area contributed by atoms with E-state index in [1.54, 1.807) is 29.3 Å². The highest BCUT2D eigenvalue weighted by molar-refractivity contribution is 8.14. The summed E-state index contributed by atoms with van der Waals surface area (Å²) in [5.41, 5.74) is 0.862. The number of rotatable bonds is 3. The predicted octanol–water partition coefficient (Wildman–Crippen LogP) is 4.64. The fourth-order valence-electron chi connectivity index (χ4n) is 1.80. The number of thiophene rings is 1. The molecule has 0 amide bonds. The van der Waals surface area contributed by atoms with Gasteiger partial charge in [0.2, 0.25) is 0 Å². The molecule has 0 spiro atoms. The smallest absolute Gasteiger partial charge is 0.148 e. The molecule has 20 heavy (non-hydrogen) atoms. The van der Waals surface area contributed by atoms with Crippen molar-refractivity contribution in [2.24, 2.45) is 10.2 Å². The number of para-hydroxylation sites is 1. The summed E-state index contributed by atoms with van der Waals surface area (Å²) in [5.74, 6) is 0.710. The van der Waals surface area contributed by atoms with Gasteiger partial charge in [-0.2, -0.15) is 5.10 Å². The fraction of sp³-hybridized carbons (Fsp3) is 0.0667. The van der Waals surface area contributed by atoms with Crippen molar-refractivity contribution in [3.8, 4) is 0 Å². The summed E-state index contributed by atoms with van der Waals surface area (Å²) in [6, 6.07) is 13.9. The number of fused-ring (bicyclic) bond motifs is 1. The third kappa shape index (κ3) is 2.84. The number of hydrogen-bond donors (Lipinski definition) is 0. The van der Waals surface area contributed by atoms with Crippen LogP contribution >= 0.6 is 23.1 Å². The van der Waals surface area contributed by atoms with Crippen LogP contribution in [0.5, 0.6) is 0 Å². The van der Waals surface area contributed by atoms with E-state index in [4.69, 9.17) is 4.42 Å². The molecule has 0 atom stereocenters. The van der Waals surface area contributed by atoms with Crippen LogP contribution in [-0.2, 0) is 0 Å². The summed E-state index contributed by atoms with van der Waals surface area (Å²) < 4.78 is 5.65. The Bertz CT molecular complexity index is 724. The van der Waals surface area contributed by atoms with Crippen molar-refractivity contribution in [3.63, 3.8) is 0 Å². The van der Waals surface area contributed by atoms with Gasteiger partial charge in [0.15, 0.2) is 0 Å². The van der Waals surface area contributed by atoms with Gasteiger partial charge in [0.05, 0.1) is 11.1 Å². The average Bonchev–Trinajstić information content (AvgIpc) is 3.12. The van der Waals surface area contributed by atoms with Crippen molar-refractivity contribution in [2.45, 2.75) is 0 Å². The minimum Gasteiger partial charge on any atom is -0.455 e. The van der Waals surface area contributed by atoms with Crippen molar-refractivity contribution in [1.29, 1.82) is 0 Å². The van der Waals surface area contributed by atoms with Gasteiger partial charge in [-0.1, -0.05) is 24.3 Å². The maximum Gasteiger partial charge on any atom is 0.148 e. The van der Waals surface area contributed by atoms with Crippen LogP contribution in [0.4, 0.5) is 0 Å². The molecule has 0 radical (unpaired) electrons. The Morgan fingerprint density at radius 3 is 2.90 bits per heavy atom. The Hall–Kier alpha value is -1.85. The monoisotopic (exact) mass is 300 g/mol. The highest BCUT2D eigenvalue weighted by Gasteiger charge is 2.02. The van der Waals surface area contributed by atoms with Crippen molar-refractivity contribution in [3.05, 3.63) is 58.5 Å². The highest BCUT2D eigenvalue weighted by Crippen LogP contribution is 2.18. The Kier molecular flexibility index (Phi) is 3.99. The Balaban J connectivity index is 1.82. The summed E-state index contributed by atoms with van der Waals surface area (Å²) in [7, 11) is 0. The summed E-state index contributed by atoms with van der Waals surface area (Å²) in [5, 5.41) is 12.4. The van der Waals surface area contributed by atoms with Crippen LogP contribution in [0.3, 0.4) is 0 Å². The van der Waals surface area contributed by atoms with E-state index >= 15 is 0 Å². The van der Waals surface area contributed by atoms with E-state index in [2.05, 4.69) is 10.2 Å². The van der Waals surface area contributed by atoms with Crippen LogP contribution in [-0.4, -0.2) is 17.5 Å². The molecule has 3 rings (SSSR count). The van der Waals surface area contributed by atoms with Crippen LogP contribution in [0, 0.1) is 0 Å². The maximum absolute atomic E-state index is 5.65. The molecule has 0 N–H and O–H groups in total. The third-order valence-corrected chi connectivity index (χ3v) is 4.40. The Morgan fingerprint density at radius 2 is 2.15 bits per heavy atom. The average molecular weight is 300 g/mol. The van der Waals surface area contributed by atoms with Gasteiger partial charge in [0, 0.05) is 5.39 Å². The van der Waals surface area contributed by atoms with Crippen molar-refractivity contribution in [2.75, 3.05) is 6.26 Å². The number of nitrogens with zero attached hydrogens (tertiary/aromatic N) is 2. The summed E-state index contributed by atoms with van der Waals surface area (Å²) in [6.45, 7) is 0. The molecule has 0 saturated heterocycles. The minimum atomic E-state index is 0.710. The van der Waals surface area contributed by atoms with Crippen LogP contribution in [0.15, 0.2) is 62.5 Å². The second kappa shape index (κ2) is 6.07. The van der Waals surface area contributed by atoms with Crippen LogP contribution in [0.25, 0.3) is 11.0 Å². The standard InChI is InChI=1S/C15H12N2OS2/c1-19-15(14-7-4-8-20-14)17-16-10-12-9-11-5-2-3-6-13(11)18-12/h2-10H,1H3/b16-10?,17-15-. The van der Waals surface area contributed by atoms with E-state index in [1.165, 1.54) is 0 Å². The molecule has 2 heterocycles. The summed E-state index contributed by atoms with van der Waals surface area (Å²) in [6.07, 6.45) is 3.64. The zero-order valence-electron chi connectivity index (χ0n) is 10.8. The molecule has 3 nitrogen and oxygen atoms in total. The van der Waals surface area contributed by atoms with Crippen LogP contribution in [0.2, 0.25) is 0 Å². The Morgan fingerprint density at radius 1 is 1.25 bits per heavy atom. The van der Waals surface area contributed by atoms with E-state index in [0.29, 0.717) is 5.76 Å². The molecule has 0 saturated carbocycles. The SMILES string of the molecule is CS/C(=N\N=Cc1cc2ccccc2o1)c1cccs1. The molecule has 0 fully saturated rings. The molecular formula is C15H12N2OS2. The van der Waals surface area contributed by atoms with Crippen molar-refractivity contribution in [1.82, 2.24) is 0 Å². The summed E-state index contributed by atoms with van der Waals surface area (Å²) >= 11 is 3.24. The molecule has 0 aliphatic heterocycles. The zero-order valence-corrected chi connectivity index (χ0v) is 12.4. The lowest BCUT2D eigenvalue weighted by Gasteiger charge is -1.94. The zero-order chi connectivity index (χ0) is 13.8. The molecule has 3 aromatic rings. The lowest BCUT2D eigenvalue weighted by Crippen LogP contribution is -1.89. The van der Waals surface area contributed by atoms with E-state index in [0.717, 1.165) is 20.9 Å². The minimum absolute atomic E-state index is 0.710. The van der Waals surface area contributed by atoms with Gasteiger partial charge < -0.3 is 4.42 Å². The second-order valence-electron chi connectivity index (χ2n) is 4.02. The van der Waals surface area contributed by atoms with Crippen LogP contribution < -0.4 is 0 Å². The molecule has 100 valence electrons. The van der Waals surface area contributed by atoms with E-state index in [9.17, 15) is 0 Å². The molecule has 0 aliphatic carbocycles. The van der Waals surface area contributed by atoms with Crippen LogP contribution in [0.1, 0.15) is 10.6 Å². The third-order valence-electron chi connectivity index (χ3n) is 2.70. The first-order chi connectivity index (χ1) is 9.86. The van der Waals surface area contributed by atoms with Gasteiger partial charge in [-0.15, -0.1) is 28.2 Å². The maximum atomic E-state index is 5.65. The molecule has 0 unspecified atom stereocenters. The van der Waals surface area contributed by atoms with Gasteiger partial charge in [0.25, 0.3) is 0 Å². The van der Waals surface area contributed by atoms with Gasteiger partial charge in [0.1, 0.15) is 16.4 Å². The highest BCUT2D eigenvalue weighted by atomic mass is 32.2. The summed E-state index contributed by atoms with van der Waals surface area (Å²) in [4.78, 5) is 1.12. The van der Waals surface area contributed by atoms with Crippen molar-refractivity contribution >= 4 is 45.3 Å².